The molecule has 0 bridgehead atoms. The normalized spacial score (nSPS) is 18.5. The van der Waals surface area contributed by atoms with Gasteiger partial charge in [-0.25, -0.2) is 13.4 Å². The maximum Gasteiger partial charge on any atom is 0.255 e. The lowest BCUT2D eigenvalue weighted by Crippen LogP contribution is -2.33. The first kappa shape index (κ1) is 18.4. The van der Waals surface area contributed by atoms with Crippen LogP contribution in [0, 0.1) is 0 Å². The Balaban J connectivity index is 1.77. The van der Waals surface area contributed by atoms with E-state index in [0.29, 0.717) is 17.8 Å². The van der Waals surface area contributed by atoms with Crippen LogP contribution in [0.5, 0.6) is 0 Å². The van der Waals surface area contributed by atoms with Crippen molar-refractivity contribution in [3.8, 4) is 0 Å². The van der Waals surface area contributed by atoms with Gasteiger partial charge in [-0.2, -0.15) is 0 Å². The first-order valence-electron chi connectivity index (χ1n) is 8.68. The quantitative estimate of drug-likeness (QED) is 0.871. The van der Waals surface area contributed by atoms with E-state index in [-0.39, 0.29) is 23.5 Å². The highest BCUT2D eigenvalue weighted by atomic mass is 32.2. The summed E-state index contributed by atoms with van der Waals surface area (Å²) in [7, 11) is -1.15. The number of pyridine rings is 1. The molecule has 1 N–H and O–H groups in total. The summed E-state index contributed by atoms with van der Waals surface area (Å²) in [5.74, 6) is 0.729. The third kappa shape index (κ3) is 4.04. The van der Waals surface area contributed by atoms with Crippen molar-refractivity contribution >= 4 is 27.2 Å². The van der Waals surface area contributed by atoms with Crippen LogP contribution in [0.3, 0.4) is 0 Å². The molecule has 1 aromatic heterocycles. The molecule has 1 atom stereocenters. The van der Waals surface area contributed by atoms with Crippen LogP contribution in [0.15, 0.2) is 42.6 Å². The van der Waals surface area contributed by atoms with E-state index >= 15 is 0 Å². The molecule has 1 unspecified atom stereocenters. The summed E-state index contributed by atoms with van der Waals surface area (Å²) in [4.78, 5) is 18.8. The Hall–Kier alpha value is -2.41. The number of rotatable bonds is 5. The lowest BCUT2D eigenvalue weighted by Gasteiger charge is -2.24. The second-order valence-electron chi connectivity index (χ2n) is 6.54. The van der Waals surface area contributed by atoms with E-state index < -0.39 is 9.84 Å². The number of carbonyl (C=O) groups excluding carboxylic acids is 1. The molecule has 0 spiro atoms. The van der Waals surface area contributed by atoms with Gasteiger partial charge in [-0.15, -0.1) is 0 Å². The van der Waals surface area contributed by atoms with E-state index in [1.54, 1.807) is 18.3 Å². The number of nitrogens with one attached hydrogen (secondary N) is 1. The molecule has 1 amide bonds. The van der Waals surface area contributed by atoms with Gasteiger partial charge in [0.1, 0.15) is 5.82 Å². The number of carbonyl (C=O) groups is 1. The van der Waals surface area contributed by atoms with Crippen molar-refractivity contribution in [3.05, 3.63) is 53.7 Å². The van der Waals surface area contributed by atoms with Crippen LogP contribution in [0.4, 0.5) is 11.5 Å². The average Bonchev–Trinajstić information content (AvgIpc) is 3.01. The molecule has 1 aliphatic heterocycles. The molecule has 2 aromatic rings. The summed E-state index contributed by atoms with van der Waals surface area (Å²) >= 11 is 0. The Morgan fingerprint density at radius 3 is 2.77 bits per heavy atom. The fraction of sp³-hybridized carbons (Fsp3) is 0.368. The SMILES string of the molecule is CCc1ccccc1NC(=O)c1ccnc(N(C)C2CCS(=O)(=O)C2)c1. The van der Waals surface area contributed by atoms with Crippen LogP contribution in [0.1, 0.15) is 29.3 Å². The number of anilines is 2. The van der Waals surface area contributed by atoms with Crippen molar-refractivity contribution < 1.29 is 13.2 Å². The monoisotopic (exact) mass is 373 g/mol. The molecule has 1 aromatic carbocycles. The third-order valence-corrected chi connectivity index (χ3v) is 6.52. The molecule has 1 saturated heterocycles. The summed E-state index contributed by atoms with van der Waals surface area (Å²) in [5.41, 5.74) is 2.37. The fourth-order valence-corrected chi connectivity index (χ4v) is 4.94. The van der Waals surface area contributed by atoms with Crippen LogP contribution in [0.2, 0.25) is 0 Å². The number of aryl methyl sites for hydroxylation is 1. The van der Waals surface area contributed by atoms with E-state index in [2.05, 4.69) is 10.3 Å². The summed E-state index contributed by atoms with van der Waals surface area (Å²) < 4.78 is 23.4. The van der Waals surface area contributed by atoms with E-state index in [1.165, 1.54) is 0 Å². The van der Waals surface area contributed by atoms with Gasteiger partial charge in [-0.1, -0.05) is 25.1 Å². The number of benzene rings is 1. The first-order chi connectivity index (χ1) is 12.4. The zero-order valence-electron chi connectivity index (χ0n) is 15.0. The maximum absolute atomic E-state index is 12.6. The molecule has 26 heavy (non-hydrogen) atoms. The minimum absolute atomic E-state index is 0.105. The number of hydrogen-bond acceptors (Lipinski definition) is 5. The first-order valence-corrected chi connectivity index (χ1v) is 10.5. The second kappa shape index (κ2) is 7.45. The predicted octanol–water partition coefficient (Wildman–Crippen LogP) is 2.52. The Bertz CT molecular complexity index is 912. The summed E-state index contributed by atoms with van der Waals surface area (Å²) in [6, 6.07) is 11.0. The van der Waals surface area contributed by atoms with E-state index in [9.17, 15) is 13.2 Å². The Labute approximate surface area is 154 Å². The van der Waals surface area contributed by atoms with Gasteiger partial charge in [0.25, 0.3) is 5.91 Å². The largest absolute Gasteiger partial charge is 0.356 e. The van der Waals surface area contributed by atoms with Gasteiger partial charge in [0.15, 0.2) is 9.84 Å². The van der Waals surface area contributed by atoms with E-state index in [4.69, 9.17) is 0 Å². The van der Waals surface area contributed by atoms with Crippen LogP contribution < -0.4 is 10.2 Å². The van der Waals surface area contributed by atoms with Crippen LogP contribution in [-0.4, -0.2) is 43.9 Å². The molecular formula is C19H23N3O3S. The van der Waals surface area contributed by atoms with Gasteiger partial charge in [0, 0.05) is 30.5 Å². The van der Waals surface area contributed by atoms with Crippen molar-refractivity contribution in [1.82, 2.24) is 4.98 Å². The van der Waals surface area contributed by atoms with Crippen molar-refractivity contribution in [2.24, 2.45) is 0 Å². The Morgan fingerprint density at radius 2 is 2.08 bits per heavy atom. The molecule has 0 radical (unpaired) electrons. The van der Waals surface area contributed by atoms with Crippen LogP contribution in [-0.2, 0) is 16.3 Å². The molecular weight excluding hydrogens is 350 g/mol. The van der Waals surface area contributed by atoms with Crippen molar-refractivity contribution in [3.63, 3.8) is 0 Å². The topological polar surface area (TPSA) is 79.4 Å². The average molecular weight is 373 g/mol. The van der Waals surface area contributed by atoms with Crippen molar-refractivity contribution in [2.75, 3.05) is 28.8 Å². The summed E-state index contributed by atoms with van der Waals surface area (Å²) in [6.45, 7) is 2.04. The molecule has 7 heteroatoms. The third-order valence-electron chi connectivity index (χ3n) is 4.77. The van der Waals surface area contributed by atoms with Crippen LogP contribution >= 0.6 is 0 Å². The maximum atomic E-state index is 12.6. The van der Waals surface area contributed by atoms with E-state index in [1.807, 2.05) is 43.1 Å². The molecule has 0 aliphatic carbocycles. The number of nitrogens with zero attached hydrogens (tertiary/aromatic N) is 2. The zero-order valence-corrected chi connectivity index (χ0v) is 15.8. The van der Waals surface area contributed by atoms with Gasteiger partial charge < -0.3 is 10.2 Å². The van der Waals surface area contributed by atoms with Gasteiger partial charge in [-0.3, -0.25) is 4.79 Å². The van der Waals surface area contributed by atoms with Gasteiger partial charge >= 0.3 is 0 Å². The van der Waals surface area contributed by atoms with Crippen molar-refractivity contribution in [2.45, 2.75) is 25.8 Å². The lowest BCUT2D eigenvalue weighted by atomic mass is 10.1. The highest BCUT2D eigenvalue weighted by Gasteiger charge is 2.31. The Kier molecular flexibility index (Phi) is 5.27. The number of hydrogen-bond donors (Lipinski definition) is 1. The molecule has 138 valence electrons. The number of amides is 1. The standard InChI is InChI=1S/C19H23N3O3S/c1-3-14-6-4-5-7-17(14)21-19(23)15-8-10-20-18(12-15)22(2)16-9-11-26(24,25)13-16/h4-8,10,12,16H,3,9,11,13H2,1-2H3,(H,21,23). The highest BCUT2D eigenvalue weighted by Crippen LogP contribution is 2.23. The molecule has 3 rings (SSSR count). The lowest BCUT2D eigenvalue weighted by molar-refractivity contribution is 0.102. The van der Waals surface area contributed by atoms with Crippen molar-refractivity contribution in [1.29, 1.82) is 0 Å². The Morgan fingerprint density at radius 1 is 1.31 bits per heavy atom. The minimum atomic E-state index is -2.97. The number of aromatic nitrogens is 1. The molecule has 6 nitrogen and oxygen atoms in total. The smallest absolute Gasteiger partial charge is 0.255 e. The number of sulfone groups is 1. The molecule has 1 aliphatic rings. The highest BCUT2D eigenvalue weighted by molar-refractivity contribution is 7.91. The van der Waals surface area contributed by atoms with E-state index in [0.717, 1.165) is 17.7 Å². The molecule has 0 saturated carbocycles. The van der Waals surface area contributed by atoms with Gasteiger partial charge in [-0.05, 0) is 36.6 Å². The minimum Gasteiger partial charge on any atom is -0.356 e. The summed E-state index contributed by atoms with van der Waals surface area (Å²) in [6.07, 6.45) is 2.99. The molecule has 1 fully saturated rings. The molecule has 2 heterocycles. The second-order valence-corrected chi connectivity index (χ2v) is 8.76. The predicted molar refractivity (Wildman–Crippen MR) is 103 cm³/mol. The zero-order chi connectivity index (χ0) is 18.7. The van der Waals surface area contributed by atoms with Gasteiger partial charge in [0.2, 0.25) is 0 Å². The van der Waals surface area contributed by atoms with Crippen LogP contribution in [0.25, 0.3) is 0 Å². The van der Waals surface area contributed by atoms with Gasteiger partial charge in [0.05, 0.1) is 11.5 Å². The summed E-state index contributed by atoms with van der Waals surface area (Å²) in [5, 5.41) is 2.95. The number of para-hydroxylation sites is 1. The fourth-order valence-electron chi connectivity index (χ4n) is 3.17.